The van der Waals surface area contributed by atoms with Gasteiger partial charge >= 0.3 is 5.97 Å². The standard InChI is InChI=1S/C18H18O6/c1-10-8-15(24-4)12(9-14(10)23-3)17(19)16-11(18(20)21)6-5-7-13(16)22-2/h5-9H,1-4H3,(H,20,21). The molecular formula is C18H18O6. The third-order valence-corrected chi connectivity index (χ3v) is 3.67. The van der Waals surface area contributed by atoms with Gasteiger partial charge in [0.2, 0.25) is 5.78 Å². The van der Waals surface area contributed by atoms with Crippen LogP contribution in [-0.4, -0.2) is 38.2 Å². The number of hydrogen-bond donors (Lipinski definition) is 1. The van der Waals surface area contributed by atoms with Gasteiger partial charge in [0, 0.05) is 0 Å². The van der Waals surface area contributed by atoms with Gasteiger partial charge in [-0.3, -0.25) is 4.79 Å². The highest BCUT2D eigenvalue weighted by atomic mass is 16.5. The molecule has 2 aromatic carbocycles. The molecule has 0 fully saturated rings. The van der Waals surface area contributed by atoms with E-state index >= 15 is 0 Å². The molecule has 6 heteroatoms. The molecule has 0 amide bonds. The van der Waals surface area contributed by atoms with Gasteiger partial charge in [0.25, 0.3) is 0 Å². The van der Waals surface area contributed by atoms with Crippen molar-refractivity contribution >= 4 is 11.8 Å². The molecule has 0 bridgehead atoms. The quantitative estimate of drug-likeness (QED) is 0.820. The lowest BCUT2D eigenvalue weighted by Gasteiger charge is -2.15. The van der Waals surface area contributed by atoms with E-state index in [1.54, 1.807) is 6.07 Å². The number of methoxy groups -OCH3 is 3. The van der Waals surface area contributed by atoms with Crippen molar-refractivity contribution in [2.24, 2.45) is 0 Å². The molecule has 2 rings (SSSR count). The molecule has 0 unspecified atom stereocenters. The van der Waals surface area contributed by atoms with Crippen molar-refractivity contribution in [3.05, 3.63) is 52.6 Å². The molecular weight excluding hydrogens is 312 g/mol. The van der Waals surface area contributed by atoms with Crippen molar-refractivity contribution in [1.82, 2.24) is 0 Å². The summed E-state index contributed by atoms with van der Waals surface area (Å²) in [6, 6.07) is 7.62. The van der Waals surface area contributed by atoms with Gasteiger partial charge in [0.05, 0.1) is 38.0 Å². The Balaban J connectivity index is 2.72. The number of carbonyl (C=O) groups excluding carboxylic acids is 1. The van der Waals surface area contributed by atoms with E-state index in [2.05, 4.69) is 0 Å². The van der Waals surface area contributed by atoms with E-state index in [0.717, 1.165) is 5.56 Å². The van der Waals surface area contributed by atoms with Crippen molar-refractivity contribution in [1.29, 1.82) is 0 Å². The number of carboxylic acid groups (broad SMARTS) is 1. The lowest BCUT2D eigenvalue weighted by atomic mass is 9.95. The Morgan fingerprint density at radius 1 is 0.875 bits per heavy atom. The summed E-state index contributed by atoms with van der Waals surface area (Å²) < 4.78 is 15.7. The van der Waals surface area contributed by atoms with Crippen LogP contribution < -0.4 is 14.2 Å². The number of aromatic carboxylic acids is 1. The predicted molar refractivity (Wildman–Crippen MR) is 87.7 cm³/mol. The zero-order valence-corrected chi connectivity index (χ0v) is 13.9. The third kappa shape index (κ3) is 3.03. The fourth-order valence-electron chi connectivity index (χ4n) is 2.48. The van der Waals surface area contributed by atoms with E-state index in [4.69, 9.17) is 14.2 Å². The van der Waals surface area contributed by atoms with Crippen molar-refractivity contribution in [3.8, 4) is 17.2 Å². The Kier molecular flexibility index (Phi) is 5.08. The number of aryl methyl sites for hydroxylation is 1. The predicted octanol–water partition coefficient (Wildman–Crippen LogP) is 2.95. The van der Waals surface area contributed by atoms with Crippen LogP contribution in [0.25, 0.3) is 0 Å². The van der Waals surface area contributed by atoms with Crippen LogP contribution in [0.2, 0.25) is 0 Å². The monoisotopic (exact) mass is 330 g/mol. The fourth-order valence-corrected chi connectivity index (χ4v) is 2.48. The van der Waals surface area contributed by atoms with Gasteiger partial charge in [0.1, 0.15) is 17.2 Å². The minimum absolute atomic E-state index is 0.0308. The fraction of sp³-hybridized carbons (Fsp3) is 0.222. The molecule has 0 atom stereocenters. The smallest absolute Gasteiger partial charge is 0.336 e. The molecule has 24 heavy (non-hydrogen) atoms. The SMILES string of the molecule is COc1cc(C(=O)c2c(OC)cccc2C(=O)O)c(OC)cc1C. The molecule has 1 N–H and O–H groups in total. The van der Waals surface area contributed by atoms with Crippen molar-refractivity contribution < 1.29 is 28.9 Å². The number of carboxylic acids is 1. The second-order valence-corrected chi connectivity index (χ2v) is 5.04. The van der Waals surface area contributed by atoms with Gasteiger partial charge in [-0.2, -0.15) is 0 Å². The topological polar surface area (TPSA) is 82.1 Å². The summed E-state index contributed by atoms with van der Waals surface area (Å²) in [5, 5.41) is 9.39. The molecule has 0 saturated heterocycles. The van der Waals surface area contributed by atoms with Crippen molar-refractivity contribution in [2.45, 2.75) is 6.92 Å². The number of rotatable bonds is 6. The maximum atomic E-state index is 13.0. The first kappa shape index (κ1) is 17.3. The molecule has 0 aliphatic heterocycles. The number of hydrogen-bond acceptors (Lipinski definition) is 5. The first-order valence-electron chi connectivity index (χ1n) is 7.12. The van der Waals surface area contributed by atoms with E-state index in [9.17, 15) is 14.7 Å². The molecule has 126 valence electrons. The van der Waals surface area contributed by atoms with E-state index in [-0.39, 0.29) is 22.4 Å². The van der Waals surface area contributed by atoms with E-state index in [1.165, 1.54) is 45.6 Å². The van der Waals surface area contributed by atoms with Crippen LogP contribution in [0, 0.1) is 6.92 Å². The number of ether oxygens (including phenoxy) is 3. The highest BCUT2D eigenvalue weighted by molar-refractivity contribution is 6.17. The Morgan fingerprint density at radius 2 is 1.50 bits per heavy atom. The average Bonchev–Trinajstić information content (AvgIpc) is 2.59. The maximum absolute atomic E-state index is 13.0. The van der Waals surface area contributed by atoms with Crippen molar-refractivity contribution in [2.75, 3.05) is 21.3 Å². The van der Waals surface area contributed by atoms with Gasteiger partial charge in [-0.25, -0.2) is 4.79 Å². The molecule has 0 aliphatic carbocycles. The van der Waals surface area contributed by atoms with Crippen LogP contribution in [0.4, 0.5) is 0 Å². The Labute approximate surface area is 139 Å². The highest BCUT2D eigenvalue weighted by Crippen LogP contribution is 2.33. The first-order valence-corrected chi connectivity index (χ1v) is 7.12. The van der Waals surface area contributed by atoms with Gasteiger partial charge < -0.3 is 19.3 Å². The first-order chi connectivity index (χ1) is 11.4. The third-order valence-electron chi connectivity index (χ3n) is 3.67. The van der Waals surface area contributed by atoms with Crippen LogP contribution in [0.15, 0.2) is 30.3 Å². The minimum Gasteiger partial charge on any atom is -0.496 e. The van der Waals surface area contributed by atoms with Gasteiger partial charge in [-0.15, -0.1) is 0 Å². The molecule has 2 aromatic rings. The summed E-state index contributed by atoms with van der Waals surface area (Å²) in [6.45, 7) is 1.82. The molecule has 0 heterocycles. The maximum Gasteiger partial charge on any atom is 0.336 e. The Bertz CT molecular complexity index is 794. The van der Waals surface area contributed by atoms with Gasteiger partial charge in [-0.05, 0) is 36.8 Å². The van der Waals surface area contributed by atoms with Crippen LogP contribution >= 0.6 is 0 Å². The van der Waals surface area contributed by atoms with Gasteiger partial charge in [-0.1, -0.05) is 6.07 Å². The van der Waals surface area contributed by atoms with Gasteiger partial charge in [0.15, 0.2) is 0 Å². The largest absolute Gasteiger partial charge is 0.496 e. The summed E-state index contributed by atoms with van der Waals surface area (Å²) >= 11 is 0. The molecule has 0 saturated carbocycles. The Morgan fingerprint density at radius 3 is 2.04 bits per heavy atom. The summed E-state index contributed by atoms with van der Waals surface area (Å²) in [5.74, 6) is -0.705. The summed E-state index contributed by atoms with van der Waals surface area (Å²) in [4.78, 5) is 24.5. The second-order valence-electron chi connectivity index (χ2n) is 5.04. The van der Waals surface area contributed by atoms with Crippen LogP contribution in [0.1, 0.15) is 31.8 Å². The summed E-state index contributed by atoms with van der Waals surface area (Å²) in [6.07, 6.45) is 0. The summed E-state index contributed by atoms with van der Waals surface area (Å²) in [7, 11) is 4.32. The zero-order chi connectivity index (χ0) is 17.9. The molecule has 0 radical (unpaired) electrons. The molecule has 0 aromatic heterocycles. The molecule has 0 aliphatic rings. The van der Waals surface area contributed by atoms with E-state index in [1.807, 2.05) is 6.92 Å². The number of ketones is 1. The average molecular weight is 330 g/mol. The normalized spacial score (nSPS) is 10.2. The zero-order valence-electron chi connectivity index (χ0n) is 13.9. The Hall–Kier alpha value is -3.02. The molecule has 0 spiro atoms. The van der Waals surface area contributed by atoms with Crippen LogP contribution in [-0.2, 0) is 0 Å². The van der Waals surface area contributed by atoms with Crippen LogP contribution in [0.3, 0.4) is 0 Å². The number of carbonyl (C=O) groups is 2. The molecule has 6 nitrogen and oxygen atoms in total. The summed E-state index contributed by atoms with van der Waals surface area (Å²) in [5.41, 5.74) is 0.828. The second kappa shape index (κ2) is 7.04. The van der Waals surface area contributed by atoms with E-state index in [0.29, 0.717) is 11.5 Å². The lowest BCUT2D eigenvalue weighted by Crippen LogP contribution is -2.13. The van der Waals surface area contributed by atoms with Crippen molar-refractivity contribution in [3.63, 3.8) is 0 Å². The number of benzene rings is 2. The van der Waals surface area contributed by atoms with Crippen LogP contribution in [0.5, 0.6) is 17.2 Å². The highest BCUT2D eigenvalue weighted by Gasteiger charge is 2.25. The van der Waals surface area contributed by atoms with E-state index < -0.39 is 11.8 Å². The lowest BCUT2D eigenvalue weighted by molar-refractivity contribution is 0.0692. The minimum atomic E-state index is -1.21.